The summed E-state index contributed by atoms with van der Waals surface area (Å²) in [5.74, 6) is 1.73. The summed E-state index contributed by atoms with van der Waals surface area (Å²) in [6, 6.07) is 62.5. The Morgan fingerprint density at radius 2 is 1.00 bits per heavy atom. The van der Waals surface area contributed by atoms with Crippen molar-refractivity contribution in [2.24, 2.45) is 0 Å². The van der Waals surface area contributed by atoms with Crippen LogP contribution >= 0.6 is 0 Å². The number of hydrogen-bond acceptors (Lipinski definition) is 5. The van der Waals surface area contributed by atoms with Crippen molar-refractivity contribution in [2.45, 2.75) is 0 Å². The van der Waals surface area contributed by atoms with Gasteiger partial charge < -0.3 is 19.2 Å². The normalized spacial score (nSPS) is 14.4. The molecule has 0 bridgehead atoms. The van der Waals surface area contributed by atoms with E-state index < -0.39 is 67.5 Å². The third-order valence-corrected chi connectivity index (χ3v) is 13.6. The second kappa shape index (κ2) is 18.0. The fourth-order valence-electron chi connectivity index (χ4n) is 10.5. The number of ether oxygens (including phenoxy) is 1. The highest BCUT2D eigenvalue weighted by Gasteiger charge is 2.50. The van der Waals surface area contributed by atoms with Gasteiger partial charge in [-0.2, -0.15) is 0 Å². The highest BCUT2D eigenvalue weighted by molar-refractivity contribution is 6.78. The van der Waals surface area contributed by atoms with Crippen LogP contribution < -0.4 is 23.7 Å². The Morgan fingerprint density at radius 1 is 0.432 bits per heavy atom. The van der Waals surface area contributed by atoms with Gasteiger partial charge in [0.15, 0.2) is 0 Å². The van der Waals surface area contributed by atoms with E-state index in [9.17, 15) is 0 Å². The van der Waals surface area contributed by atoms with Crippen LogP contribution in [0.4, 0.5) is 34.3 Å². The van der Waals surface area contributed by atoms with E-state index >= 15 is 0 Å². The Kier molecular flexibility index (Phi) is 8.20. The van der Waals surface area contributed by atoms with Gasteiger partial charge in [-0.05, 0) is 100 Å². The lowest BCUT2D eigenvalue weighted by molar-refractivity contribution is -0.571. The van der Waals surface area contributed by atoms with E-state index in [1.54, 1.807) is 33.5 Å². The molecule has 74 heavy (non-hydrogen) atoms. The molecule has 2 aromatic heterocycles. The first-order valence-corrected chi connectivity index (χ1v) is 24.2. The maximum Gasteiger partial charge on any atom is 0.520 e. The predicted octanol–water partition coefficient (Wildman–Crippen LogP) is 16.0. The number of hydrogen-bond donors (Lipinski definition) is 0. The number of anilines is 6. The van der Waals surface area contributed by atoms with E-state index in [0.717, 1.165) is 50.7 Å². The molecule has 0 N–H and O–H groups in total. The average Bonchev–Trinajstić information content (AvgIpc) is 2.26. The van der Waals surface area contributed by atoms with E-state index in [1.165, 1.54) is 0 Å². The molecule has 0 radical (unpaired) electrons. The molecule has 0 saturated carbocycles. The Morgan fingerprint density at radius 3 is 1.69 bits per heavy atom. The van der Waals surface area contributed by atoms with Gasteiger partial charge in [0.25, 0.3) is 6.33 Å². The summed E-state index contributed by atoms with van der Waals surface area (Å²) in [6.45, 7) is 0. The standard InChI is InChI=1S/C66H45BN6O/c1-4-22-47(23-5-1)53-34-21-35-54(48-24-6-2-7-25-48)66(53)70-46-69(61-38-16-17-39-62(61)70)50-28-20-29-51(44-50)74-52-41-42-63-64(45-52)73(65-40-18-19-43-68-65)67-71(49-26-8-3-9-27-49)59-36-14-12-32-57(59)55-30-10-11-31-56(55)58-33-13-15-37-60(58)72(63)67/h1-45H/i1D,2D,4D,5D,6D,7D,22D,23D,24D,25D. The number of imidazole rings is 1. The van der Waals surface area contributed by atoms with Crippen molar-refractivity contribution < 1.29 is 23.0 Å². The molecule has 4 heterocycles. The first-order valence-electron chi connectivity index (χ1n) is 29.2. The Balaban J connectivity index is 0.933. The lowest BCUT2D eigenvalue weighted by Crippen LogP contribution is -2.56. The zero-order chi connectivity index (χ0) is 57.7. The molecule has 2 aliphatic heterocycles. The second-order valence-electron chi connectivity index (χ2n) is 17.8. The van der Waals surface area contributed by atoms with Gasteiger partial charge in [0.1, 0.15) is 17.3 Å². The zero-order valence-electron chi connectivity index (χ0n) is 49.4. The molecular weight excluding hydrogens is 904 g/mol. The summed E-state index contributed by atoms with van der Waals surface area (Å²) in [4.78, 5) is 12.1. The molecule has 2 aliphatic rings. The largest absolute Gasteiger partial charge is 0.520 e. The monoisotopic (exact) mass is 958 g/mol. The van der Waals surface area contributed by atoms with Gasteiger partial charge in [0.05, 0.1) is 47.5 Å². The van der Waals surface area contributed by atoms with Crippen LogP contribution in [0.3, 0.4) is 0 Å². The van der Waals surface area contributed by atoms with Gasteiger partial charge in [-0.25, -0.2) is 4.98 Å². The van der Waals surface area contributed by atoms with E-state index in [4.69, 9.17) is 23.4 Å². The molecule has 8 heteroatoms. The van der Waals surface area contributed by atoms with E-state index in [-0.39, 0.29) is 27.9 Å². The topological polar surface area (TPSA) is 40.7 Å². The van der Waals surface area contributed by atoms with Gasteiger partial charge in [-0.3, -0.25) is 9.13 Å². The summed E-state index contributed by atoms with van der Waals surface area (Å²) >= 11 is 0. The minimum Gasteiger partial charge on any atom is -0.458 e. The van der Waals surface area contributed by atoms with Crippen LogP contribution in [0.25, 0.3) is 66.9 Å². The van der Waals surface area contributed by atoms with Crippen LogP contribution in [0.2, 0.25) is 0 Å². The smallest absolute Gasteiger partial charge is 0.458 e. The van der Waals surface area contributed by atoms with Crippen LogP contribution in [0, 0.1) is 6.33 Å². The molecule has 10 aromatic carbocycles. The summed E-state index contributed by atoms with van der Waals surface area (Å²) in [7, 11) is -0.539. The maximum absolute atomic E-state index is 9.11. The summed E-state index contributed by atoms with van der Waals surface area (Å²) in [6.07, 6.45) is 5.29. The Labute approximate surface area is 444 Å². The van der Waals surface area contributed by atoms with Crippen molar-refractivity contribution in [3.05, 3.63) is 279 Å². The van der Waals surface area contributed by atoms with Crippen molar-refractivity contribution in [3.63, 3.8) is 0 Å². The minimum atomic E-state index is -0.574. The van der Waals surface area contributed by atoms with Crippen LogP contribution in [-0.4, -0.2) is 16.7 Å². The highest BCUT2D eigenvalue weighted by Crippen LogP contribution is 2.55. The van der Waals surface area contributed by atoms with Crippen molar-refractivity contribution in [3.8, 4) is 67.4 Å². The van der Waals surface area contributed by atoms with Gasteiger partial charge >= 0.3 is 7.12 Å². The zero-order valence-corrected chi connectivity index (χ0v) is 39.4. The van der Waals surface area contributed by atoms with Gasteiger partial charge in [0.2, 0.25) is 0 Å². The number of rotatable bonds is 8. The van der Waals surface area contributed by atoms with Gasteiger partial charge in [-0.1, -0.05) is 194 Å². The SMILES string of the molecule is [2H]c1c([2H])c([2H])c(-c2cccc(-c3c([2H])c([2H])c([2H])c([2H])c3[2H])c2-[n+]2[c-]n(-c3cccc(Oc4ccc5c(c4)N(c4ccccn4)B4N(c6ccccc6)c6ccccc6-c6ccccc6-c6ccccc6N45)c3)c3ccccc32)c([2H])c1[2H]. The van der Waals surface area contributed by atoms with Crippen LogP contribution in [0.1, 0.15) is 13.7 Å². The third-order valence-electron chi connectivity index (χ3n) is 13.6. The minimum absolute atomic E-state index is 0.140. The molecule has 12 aromatic rings. The Hall–Kier alpha value is -9.92. The first-order chi connectivity index (χ1) is 40.9. The van der Waals surface area contributed by atoms with Crippen molar-refractivity contribution in [1.82, 2.24) is 9.55 Å². The van der Waals surface area contributed by atoms with E-state index in [0.29, 0.717) is 34.0 Å². The Bertz CT molecular complexity index is 4520. The fourth-order valence-corrected chi connectivity index (χ4v) is 10.5. The van der Waals surface area contributed by atoms with Gasteiger partial charge in [-0.15, -0.1) is 0 Å². The number of aromatic nitrogens is 3. The molecule has 0 aliphatic carbocycles. The maximum atomic E-state index is 9.11. The van der Waals surface area contributed by atoms with Crippen LogP contribution in [-0.2, 0) is 0 Å². The highest BCUT2D eigenvalue weighted by atomic mass is 16.5. The molecule has 0 atom stereocenters. The molecule has 0 saturated heterocycles. The lowest BCUT2D eigenvalue weighted by atomic mass is 9.81. The number of para-hydroxylation sites is 6. The van der Waals surface area contributed by atoms with Crippen LogP contribution in [0.5, 0.6) is 11.5 Å². The quantitative estimate of drug-likeness (QED) is 0.0862. The summed E-state index contributed by atoms with van der Waals surface area (Å²) in [5, 5.41) is 0. The predicted molar refractivity (Wildman–Crippen MR) is 301 cm³/mol. The van der Waals surface area contributed by atoms with Crippen molar-refractivity contribution in [2.75, 3.05) is 14.4 Å². The van der Waals surface area contributed by atoms with E-state index in [2.05, 4.69) is 124 Å². The molecule has 0 spiro atoms. The number of nitrogens with zero attached hydrogens (tertiary/aromatic N) is 6. The molecule has 348 valence electrons. The molecule has 14 rings (SSSR count). The lowest BCUT2D eigenvalue weighted by Gasteiger charge is -2.38. The molecule has 0 amide bonds. The molecule has 7 nitrogen and oxygen atoms in total. The summed E-state index contributed by atoms with van der Waals surface area (Å²) in [5.41, 5.74) is 11.0. The number of pyridine rings is 1. The fraction of sp³-hybridized carbons (Fsp3) is 0. The molecular formula is C66H45BN6O. The first kappa shape index (κ1) is 33.6. The molecule has 0 unspecified atom stereocenters. The van der Waals surface area contributed by atoms with Crippen LogP contribution in [0.15, 0.2) is 273 Å². The average molecular weight is 959 g/mol. The summed E-state index contributed by atoms with van der Waals surface area (Å²) < 4.78 is 98.3. The second-order valence-corrected chi connectivity index (χ2v) is 17.8. The van der Waals surface area contributed by atoms with Crippen molar-refractivity contribution in [1.29, 1.82) is 0 Å². The molecule has 0 fully saturated rings. The van der Waals surface area contributed by atoms with Crippen molar-refractivity contribution >= 4 is 52.4 Å². The van der Waals surface area contributed by atoms with E-state index in [1.807, 2.05) is 84.9 Å². The third kappa shape index (κ3) is 7.22. The van der Waals surface area contributed by atoms with Gasteiger partial charge in [0, 0.05) is 40.5 Å². The number of benzene rings is 10. The number of fused-ring (bicyclic) bond motifs is 10.